The molecule has 0 saturated heterocycles. The average molecular weight is 596 g/mol. The summed E-state index contributed by atoms with van der Waals surface area (Å²) < 4.78 is 31.6. The van der Waals surface area contributed by atoms with Crippen molar-refractivity contribution < 1.29 is 47.6 Å². The molecule has 11 nitrogen and oxygen atoms in total. The summed E-state index contributed by atoms with van der Waals surface area (Å²) in [6, 6.07) is 3.32. The lowest BCUT2D eigenvalue weighted by atomic mass is 9.92. The second kappa shape index (κ2) is 17.6. The van der Waals surface area contributed by atoms with Gasteiger partial charge in [0.2, 0.25) is 0 Å². The number of esters is 2. The van der Waals surface area contributed by atoms with Crippen LogP contribution in [0.2, 0.25) is 0 Å². The Labute approximate surface area is 249 Å². The van der Waals surface area contributed by atoms with Gasteiger partial charge in [-0.3, -0.25) is 9.59 Å². The Morgan fingerprint density at radius 1 is 0.762 bits per heavy atom. The highest BCUT2D eigenvalue weighted by Crippen LogP contribution is 2.30. The van der Waals surface area contributed by atoms with Crippen molar-refractivity contribution >= 4 is 24.2 Å². The summed E-state index contributed by atoms with van der Waals surface area (Å²) in [5.41, 5.74) is 6.37. The number of benzene rings is 1. The van der Waals surface area contributed by atoms with Crippen molar-refractivity contribution in [2.24, 2.45) is 23.0 Å². The number of rotatable bonds is 15. The van der Waals surface area contributed by atoms with E-state index < -0.39 is 36.5 Å². The smallest absolute Gasteiger partial charge is 0.459 e. The molecule has 0 spiro atoms. The molecule has 0 radical (unpaired) electrons. The fraction of sp³-hybridized carbons (Fsp3) is 0.677. The van der Waals surface area contributed by atoms with Crippen molar-refractivity contribution in [1.29, 1.82) is 0 Å². The first-order valence-electron chi connectivity index (χ1n) is 14.4. The van der Waals surface area contributed by atoms with Gasteiger partial charge in [-0.2, -0.15) is 0 Å². The molecule has 0 fully saturated rings. The van der Waals surface area contributed by atoms with Crippen LogP contribution in [0, 0.1) is 17.3 Å². The van der Waals surface area contributed by atoms with E-state index in [9.17, 15) is 19.2 Å². The van der Waals surface area contributed by atoms with Gasteiger partial charge in [-0.15, -0.1) is 0 Å². The molecule has 1 aromatic carbocycles. The molecule has 1 rings (SSSR count). The zero-order chi connectivity index (χ0) is 32.0. The fourth-order valence-electron chi connectivity index (χ4n) is 3.32. The number of ether oxygens (including phenoxy) is 6. The molecule has 0 aliphatic carbocycles. The van der Waals surface area contributed by atoms with Crippen molar-refractivity contribution in [2.45, 2.75) is 106 Å². The number of carbonyl (C=O) groups is 4. The molecule has 0 saturated carbocycles. The van der Waals surface area contributed by atoms with Gasteiger partial charge in [0.1, 0.15) is 18.2 Å². The summed E-state index contributed by atoms with van der Waals surface area (Å²) in [4.78, 5) is 49.3. The summed E-state index contributed by atoms with van der Waals surface area (Å²) >= 11 is 0. The van der Waals surface area contributed by atoms with Crippen molar-refractivity contribution in [3.8, 4) is 11.5 Å². The lowest BCUT2D eigenvalue weighted by Crippen LogP contribution is -2.39. The van der Waals surface area contributed by atoms with E-state index in [1.54, 1.807) is 19.9 Å². The Hall–Kier alpha value is -3.34. The van der Waals surface area contributed by atoms with Gasteiger partial charge >= 0.3 is 24.2 Å². The first-order chi connectivity index (χ1) is 19.5. The minimum Gasteiger partial charge on any atom is -0.459 e. The lowest BCUT2D eigenvalue weighted by Gasteiger charge is -2.24. The molecule has 11 heteroatoms. The van der Waals surface area contributed by atoms with Gasteiger partial charge in [0.05, 0.1) is 19.6 Å². The van der Waals surface area contributed by atoms with Crippen LogP contribution < -0.4 is 15.2 Å². The predicted octanol–water partition coefficient (Wildman–Crippen LogP) is 5.98. The molecule has 0 aliphatic rings. The Morgan fingerprint density at radius 2 is 1.26 bits per heavy atom. The maximum atomic E-state index is 12.7. The molecule has 238 valence electrons. The molecule has 3 atom stereocenters. The summed E-state index contributed by atoms with van der Waals surface area (Å²) in [5.74, 6) is -0.597. The van der Waals surface area contributed by atoms with Crippen LogP contribution >= 0.6 is 0 Å². The summed E-state index contributed by atoms with van der Waals surface area (Å²) in [5, 5.41) is 0. The van der Waals surface area contributed by atoms with Gasteiger partial charge in [-0.25, -0.2) is 9.59 Å². The SMILES string of the molecule is CC(C)CCOC(=O)Oc1ccc(C[C@H](N)C(=O)O[C@@H](C)[C@H](C)OC(=O)CC(C)(C)C)cc1OC(=O)OCCC(C)C. The topological polar surface area (TPSA) is 150 Å². The fourth-order valence-corrected chi connectivity index (χ4v) is 3.32. The number of hydrogen-bond donors (Lipinski definition) is 1. The van der Waals surface area contributed by atoms with Crippen LogP contribution in [0.25, 0.3) is 0 Å². The van der Waals surface area contributed by atoms with Crippen molar-refractivity contribution in [1.82, 2.24) is 0 Å². The molecule has 0 heterocycles. The quantitative estimate of drug-likeness (QED) is 0.145. The molecule has 0 aromatic heterocycles. The maximum absolute atomic E-state index is 12.7. The Balaban J connectivity index is 2.91. The van der Waals surface area contributed by atoms with E-state index in [4.69, 9.17) is 34.2 Å². The third-order valence-corrected chi connectivity index (χ3v) is 5.94. The minimum atomic E-state index is -1.08. The van der Waals surface area contributed by atoms with E-state index >= 15 is 0 Å². The summed E-state index contributed by atoms with van der Waals surface area (Å²) in [6.45, 7) is 17.3. The van der Waals surface area contributed by atoms with Gasteiger partial charge in [-0.05, 0) is 68.1 Å². The number of hydrogen-bond acceptors (Lipinski definition) is 11. The van der Waals surface area contributed by atoms with Crippen molar-refractivity contribution in [3.63, 3.8) is 0 Å². The first kappa shape index (κ1) is 36.7. The Kier molecular flexibility index (Phi) is 15.4. The second-order valence-electron chi connectivity index (χ2n) is 12.4. The largest absolute Gasteiger partial charge is 0.513 e. The predicted molar refractivity (Wildman–Crippen MR) is 156 cm³/mol. The highest BCUT2D eigenvalue weighted by molar-refractivity contribution is 5.76. The Morgan fingerprint density at radius 3 is 1.76 bits per heavy atom. The van der Waals surface area contributed by atoms with E-state index in [2.05, 4.69) is 0 Å². The standard InChI is InChI=1S/C31H49NO10/c1-19(2)12-14-37-29(35)41-25-11-10-23(17-26(25)42-30(36)38-15-13-20(3)4)16-24(32)28(34)40-22(6)21(5)39-27(33)18-31(7,8)9/h10-11,17,19-22,24H,12-16,18,32H2,1-9H3/t21-,22-,24-/m0/s1. The van der Waals surface area contributed by atoms with Crippen LogP contribution in [0.3, 0.4) is 0 Å². The third-order valence-electron chi connectivity index (χ3n) is 5.94. The highest BCUT2D eigenvalue weighted by atomic mass is 16.7. The molecule has 2 N–H and O–H groups in total. The molecule has 0 amide bonds. The van der Waals surface area contributed by atoms with Gasteiger partial charge in [-0.1, -0.05) is 54.5 Å². The average Bonchev–Trinajstić information content (AvgIpc) is 2.83. The molecular weight excluding hydrogens is 546 g/mol. The normalized spacial score (nSPS) is 13.6. The zero-order valence-electron chi connectivity index (χ0n) is 26.5. The third kappa shape index (κ3) is 15.6. The molecule has 0 bridgehead atoms. The van der Waals surface area contributed by atoms with Gasteiger partial charge < -0.3 is 34.2 Å². The van der Waals surface area contributed by atoms with Gasteiger partial charge in [0.25, 0.3) is 0 Å². The lowest BCUT2D eigenvalue weighted by molar-refractivity contribution is -0.167. The van der Waals surface area contributed by atoms with E-state index in [-0.39, 0.29) is 48.9 Å². The monoisotopic (exact) mass is 595 g/mol. The van der Waals surface area contributed by atoms with Gasteiger partial charge in [0, 0.05) is 0 Å². The van der Waals surface area contributed by atoms with E-state index in [0.29, 0.717) is 30.2 Å². The molecular formula is C31H49NO10. The Bertz CT molecular complexity index is 1030. The molecule has 1 aromatic rings. The molecule has 0 aliphatic heterocycles. The van der Waals surface area contributed by atoms with E-state index in [1.165, 1.54) is 12.1 Å². The van der Waals surface area contributed by atoms with Crippen LogP contribution in [-0.2, 0) is 35.0 Å². The molecule has 42 heavy (non-hydrogen) atoms. The van der Waals surface area contributed by atoms with Crippen molar-refractivity contribution in [2.75, 3.05) is 13.2 Å². The van der Waals surface area contributed by atoms with Crippen LogP contribution in [0.1, 0.15) is 87.1 Å². The van der Waals surface area contributed by atoms with Crippen LogP contribution in [0.4, 0.5) is 9.59 Å². The van der Waals surface area contributed by atoms with E-state index in [1.807, 2.05) is 48.5 Å². The van der Waals surface area contributed by atoms with E-state index in [0.717, 1.165) is 0 Å². The van der Waals surface area contributed by atoms with Crippen molar-refractivity contribution in [3.05, 3.63) is 23.8 Å². The van der Waals surface area contributed by atoms with Crippen LogP contribution in [0.5, 0.6) is 11.5 Å². The number of carbonyl (C=O) groups excluding carboxylic acids is 4. The van der Waals surface area contributed by atoms with Gasteiger partial charge in [0.15, 0.2) is 11.5 Å². The zero-order valence-corrected chi connectivity index (χ0v) is 26.5. The maximum Gasteiger partial charge on any atom is 0.513 e. The van der Waals surface area contributed by atoms with Crippen LogP contribution in [-0.4, -0.2) is 55.7 Å². The highest BCUT2D eigenvalue weighted by Gasteiger charge is 2.26. The molecule has 0 unspecified atom stereocenters. The summed E-state index contributed by atoms with van der Waals surface area (Å²) in [7, 11) is 0. The summed E-state index contributed by atoms with van der Waals surface area (Å²) in [6.07, 6.45) is -1.79. The minimum absolute atomic E-state index is 0.0155. The number of nitrogens with two attached hydrogens (primary N) is 1. The van der Waals surface area contributed by atoms with Crippen LogP contribution in [0.15, 0.2) is 18.2 Å². The second-order valence-corrected chi connectivity index (χ2v) is 12.4. The first-order valence-corrected chi connectivity index (χ1v) is 14.4.